The van der Waals surface area contributed by atoms with Crippen molar-refractivity contribution in [3.05, 3.63) is 35.9 Å². The summed E-state index contributed by atoms with van der Waals surface area (Å²) in [4.78, 5) is 173. The Bertz CT molecular complexity index is 2420. The lowest BCUT2D eigenvalue weighted by Crippen LogP contribution is -2.60. The Morgan fingerprint density at radius 3 is 1.62 bits per heavy atom. The first-order chi connectivity index (χ1) is 37.4. The van der Waals surface area contributed by atoms with Gasteiger partial charge in [-0.15, -0.1) is 0 Å². The van der Waals surface area contributed by atoms with E-state index in [4.69, 9.17) is 17.2 Å². The molecule has 1 fully saturated rings. The van der Waals surface area contributed by atoms with E-state index in [1.807, 2.05) is 0 Å². The summed E-state index contributed by atoms with van der Waals surface area (Å²) in [5.41, 5.74) is 17.1. The Morgan fingerprint density at radius 1 is 0.613 bits per heavy atom. The first-order valence-electron chi connectivity index (χ1n) is 25.9. The molecule has 30 heteroatoms. The molecular weight excluding hydrogens is 1050 g/mol. The van der Waals surface area contributed by atoms with Gasteiger partial charge in [0.25, 0.3) is 0 Å². The van der Waals surface area contributed by atoms with Crippen LogP contribution in [0, 0.1) is 17.8 Å². The normalized spacial score (nSPS) is 16.4. The van der Waals surface area contributed by atoms with Gasteiger partial charge in [0.1, 0.15) is 48.3 Å². The third-order valence-electron chi connectivity index (χ3n) is 12.6. The fourth-order valence-electron chi connectivity index (χ4n) is 7.85. The third kappa shape index (κ3) is 23.7. The molecule has 1 heterocycles. The number of carbonyl (C=O) groups excluding carboxylic acids is 10. The van der Waals surface area contributed by atoms with Gasteiger partial charge in [0.15, 0.2) is 5.96 Å². The van der Waals surface area contributed by atoms with Gasteiger partial charge in [-0.2, -0.15) is 0 Å². The van der Waals surface area contributed by atoms with Crippen LogP contribution in [-0.2, 0) is 68.7 Å². The van der Waals surface area contributed by atoms with Crippen LogP contribution in [0.4, 0.5) is 0 Å². The number of rotatable bonds is 32. The quantitative estimate of drug-likeness (QED) is 0.0183. The van der Waals surface area contributed by atoms with Gasteiger partial charge in [-0.3, -0.25) is 62.5 Å². The monoisotopic (exact) mass is 1130 g/mol. The number of benzene rings is 1. The van der Waals surface area contributed by atoms with E-state index in [1.165, 1.54) is 39.5 Å². The van der Waals surface area contributed by atoms with Crippen LogP contribution in [0.3, 0.4) is 0 Å². The number of nitrogens with one attached hydrogen (secondary N) is 9. The zero-order chi connectivity index (χ0) is 60.6. The number of carboxylic acid groups (broad SMARTS) is 3. The van der Waals surface area contributed by atoms with E-state index in [0.29, 0.717) is 12.0 Å². The van der Waals surface area contributed by atoms with Crippen molar-refractivity contribution in [2.24, 2.45) is 39.9 Å². The van der Waals surface area contributed by atoms with E-state index in [0.717, 1.165) is 0 Å². The van der Waals surface area contributed by atoms with Crippen molar-refractivity contribution >= 4 is 82.9 Å². The summed E-state index contributed by atoms with van der Waals surface area (Å²) >= 11 is 0. The van der Waals surface area contributed by atoms with Gasteiger partial charge in [-0.25, -0.2) is 4.79 Å². The second kappa shape index (κ2) is 33.1. The minimum atomic E-state index is -1.86. The number of piperidine rings is 1. The van der Waals surface area contributed by atoms with Crippen molar-refractivity contribution in [3.63, 3.8) is 0 Å². The Kier molecular flexibility index (Phi) is 28.0. The minimum absolute atomic E-state index is 0.00557. The number of aliphatic carboxylic acids is 3. The maximum Gasteiger partial charge on any atom is 0.326 e. The molecule has 18 N–H and O–H groups in total. The fraction of sp³-hybridized carbons (Fsp3) is 0.600. The first-order valence-corrected chi connectivity index (χ1v) is 25.9. The highest BCUT2D eigenvalue weighted by atomic mass is 16.4. The van der Waals surface area contributed by atoms with Crippen molar-refractivity contribution in [2.75, 3.05) is 26.2 Å². The SMILES string of the molecule is CC(C)[C@H](N)C(=O)N[C@@H](C)C(=O)N[C@@H](C)C(=O)N[C@@H](C)C(=O)N[C@@H](Cc1ccccc1)C(=O)N1CCC[C@@H](C(=O)NCC(=O)N[C@@H](CC(=O)O)C(=O)N[C@H](C(=O)N[C@@H](CC(=O)O)C(=O)N[C@@H](CCCN=C(N)N)C(=O)O)C(C)C)C1. The summed E-state index contributed by atoms with van der Waals surface area (Å²) in [5.74, 6) is -15.3. The predicted molar refractivity (Wildman–Crippen MR) is 285 cm³/mol. The molecule has 10 atom stereocenters. The summed E-state index contributed by atoms with van der Waals surface area (Å²) in [6, 6.07) is -3.61. The smallest absolute Gasteiger partial charge is 0.326 e. The van der Waals surface area contributed by atoms with E-state index < -0.39 is 163 Å². The Balaban J connectivity index is 2.13. The number of nitrogens with zero attached hydrogens (tertiary/aromatic N) is 2. The summed E-state index contributed by atoms with van der Waals surface area (Å²) in [7, 11) is 0. The van der Waals surface area contributed by atoms with E-state index >= 15 is 0 Å². The average molecular weight is 1130 g/mol. The molecule has 0 unspecified atom stereocenters. The van der Waals surface area contributed by atoms with Gasteiger partial charge < -0.3 is 85.3 Å². The summed E-state index contributed by atoms with van der Waals surface area (Å²) < 4.78 is 0. The molecule has 1 aromatic rings. The van der Waals surface area contributed by atoms with Crippen molar-refractivity contribution in [1.82, 2.24) is 52.8 Å². The Hall–Kier alpha value is -8.44. The molecule has 0 saturated carbocycles. The third-order valence-corrected chi connectivity index (χ3v) is 12.6. The lowest BCUT2D eigenvalue weighted by atomic mass is 9.95. The summed E-state index contributed by atoms with van der Waals surface area (Å²) in [5, 5.41) is 50.2. The second-order valence-electron chi connectivity index (χ2n) is 20.0. The lowest BCUT2D eigenvalue weighted by molar-refractivity contribution is -0.144. The highest BCUT2D eigenvalue weighted by Gasteiger charge is 2.37. The molecule has 1 aromatic carbocycles. The van der Waals surface area contributed by atoms with Crippen LogP contribution in [-0.4, -0.2) is 184 Å². The molecule has 2 rings (SSSR count). The summed E-state index contributed by atoms with van der Waals surface area (Å²) in [6.45, 7) is 9.78. The van der Waals surface area contributed by atoms with Crippen molar-refractivity contribution in [1.29, 1.82) is 0 Å². The minimum Gasteiger partial charge on any atom is -0.481 e. The Labute approximate surface area is 462 Å². The van der Waals surface area contributed by atoms with E-state index in [-0.39, 0.29) is 57.2 Å². The van der Waals surface area contributed by atoms with E-state index in [1.54, 1.807) is 44.2 Å². The number of amides is 10. The Morgan fingerprint density at radius 2 is 1.11 bits per heavy atom. The van der Waals surface area contributed by atoms with Gasteiger partial charge in [0.05, 0.1) is 31.3 Å². The van der Waals surface area contributed by atoms with Crippen LogP contribution >= 0.6 is 0 Å². The standard InChI is InChI=1S/C50H78N14O16/c1-24(2)38(51)46(76)58-27(6)41(71)56-26(5)40(70)57-28(7)42(72)62-34(19-29-13-9-8-10-14-29)48(78)64-18-12-15-30(23-64)43(73)55-22-35(65)59-32(20-36(66)67)45(75)63-39(25(3)4)47(77)61-33(21-37(68)69)44(74)60-31(49(79)80)16-11-17-54-50(52)53/h8-10,13-14,24-28,30-34,38-39H,11-12,15-23,51H2,1-7H3,(H,55,73)(H,56,71)(H,57,70)(H,58,76)(H,59,65)(H,60,74)(H,61,77)(H,62,72)(H,63,75)(H,66,67)(H,68,69)(H,79,80)(H4,52,53,54)/t26-,27-,28-,30+,31-,32-,33-,34-,38-,39-/m0/s1. The van der Waals surface area contributed by atoms with Crippen LogP contribution in [0.15, 0.2) is 35.3 Å². The molecule has 1 aliphatic heterocycles. The molecule has 1 saturated heterocycles. The number of aliphatic imine (C=N–C) groups is 1. The number of hydrogen-bond acceptors (Lipinski definition) is 15. The van der Waals surface area contributed by atoms with Crippen LogP contribution in [0.25, 0.3) is 0 Å². The van der Waals surface area contributed by atoms with Crippen molar-refractivity contribution in [2.45, 2.75) is 148 Å². The van der Waals surface area contributed by atoms with Crippen LogP contribution in [0.2, 0.25) is 0 Å². The highest BCUT2D eigenvalue weighted by molar-refractivity contribution is 5.98. The molecular formula is C50H78N14O16. The zero-order valence-corrected chi connectivity index (χ0v) is 45.9. The molecule has 0 aliphatic carbocycles. The van der Waals surface area contributed by atoms with E-state index in [2.05, 4.69) is 52.8 Å². The molecule has 0 aromatic heterocycles. The largest absolute Gasteiger partial charge is 0.481 e. The number of carboxylic acids is 3. The zero-order valence-electron chi connectivity index (χ0n) is 45.9. The number of nitrogens with two attached hydrogens (primary N) is 3. The summed E-state index contributed by atoms with van der Waals surface area (Å²) in [6.07, 6.45) is -1.53. The maximum absolute atomic E-state index is 14.2. The number of carbonyl (C=O) groups is 13. The molecule has 10 amide bonds. The highest BCUT2D eigenvalue weighted by Crippen LogP contribution is 2.19. The molecule has 0 spiro atoms. The van der Waals surface area contributed by atoms with Gasteiger partial charge in [0, 0.05) is 26.1 Å². The molecule has 0 radical (unpaired) electrons. The molecule has 1 aliphatic rings. The number of guanidine groups is 1. The lowest BCUT2D eigenvalue weighted by Gasteiger charge is -2.35. The number of likely N-dealkylation sites (tertiary alicyclic amines) is 1. The fourth-order valence-corrected chi connectivity index (χ4v) is 7.85. The topological polar surface area (TPSA) is 485 Å². The number of hydrogen-bond donors (Lipinski definition) is 15. The van der Waals surface area contributed by atoms with Crippen LogP contribution in [0.1, 0.15) is 92.6 Å². The predicted octanol–water partition coefficient (Wildman–Crippen LogP) is -4.75. The molecule has 30 nitrogen and oxygen atoms in total. The molecule has 80 heavy (non-hydrogen) atoms. The first kappa shape index (κ1) is 67.7. The van der Waals surface area contributed by atoms with E-state index in [9.17, 15) is 77.6 Å². The molecule has 0 bridgehead atoms. The van der Waals surface area contributed by atoms with Gasteiger partial charge in [0.2, 0.25) is 59.1 Å². The van der Waals surface area contributed by atoms with Crippen molar-refractivity contribution < 1.29 is 77.6 Å². The second-order valence-corrected chi connectivity index (χ2v) is 20.0. The van der Waals surface area contributed by atoms with Crippen LogP contribution in [0.5, 0.6) is 0 Å². The van der Waals surface area contributed by atoms with Gasteiger partial charge in [-0.1, -0.05) is 58.0 Å². The average Bonchev–Trinajstić information content (AvgIpc) is 3.38. The van der Waals surface area contributed by atoms with Gasteiger partial charge >= 0.3 is 17.9 Å². The van der Waals surface area contributed by atoms with Gasteiger partial charge in [-0.05, 0) is 63.9 Å². The van der Waals surface area contributed by atoms with Crippen molar-refractivity contribution in [3.8, 4) is 0 Å². The van der Waals surface area contributed by atoms with Crippen LogP contribution < -0.4 is 65.1 Å². The molecule has 444 valence electrons. The maximum atomic E-state index is 14.2.